The highest BCUT2D eigenvalue weighted by Gasteiger charge is 2.42. The summed E-state index contributed by atoms with van der Waals surface area (Å²) in [5.41, 5.74) is 3.00. The van der Waals surface area contributed by atoms with Crippen LogP contribution in [0.5, 0.6) is 5.75 Å². The first-order valence-corrected chi connectivity index (χ1v) is 11.3. The molecular weight excluding hydrogens is 426 g/mol. The number of ether oxygens (including phenoxy) is 1. The van der Waals surface area contributed by atoms with Crippen LogP contribution in [0.3, 0.4) is 0 Å². The van der Waals surface area contributed by atoms with E-state index in [-0.39, 0.29) is 0 Å². The lowest BCUT2D eigenvalue weighted by Gasteiger charge is -2.25. The summed E-state index contributed by atoms with van der Waals surface area (Å²) in [6, 6.07) is 25.3. The van der Waals surface area contributed by atoms with Gasteiger partial charge >= 0.3 is 0 Å². The van der Waals surface area contributed by atoms with Crippen LogP contribution in [0.1, 0.15) is 31.4 Å². The van der Waals surface area contributed by atoms with Gasteiger partial charge in [0, 0.05) is 12.2 Å². The number of hydrogen-bond acceptors (Lipinski definition) is 5. The maximum absolute atomic E-state index is 13.8. The highest BCUT2D eigenvalue weighted by atomic mass is 16.5. The number of carbonyl (C=O) groups excluding carboxylic acids is 2. The van der Waals surface area contributed by atoms with Crippen LogP contribution >= 0.6 is 0 Å². The first-order valence-electron chi connectivity index (χ1n) is 11.3. The molecule has 1 aliphatic heterocycles. The molecule has 1 aliphatic rings. The predicted octanol–water partition coefficient (Wildman–Crippen LogP) is 5.16. The van der Waals surface area contributed by atoms with Crippen LogP contribution in [0, 0.1) is 11.3 Å². The molecule has 0 aliphatic carbocycles. The first-order chi connectivity index (χ1) is 16.6. The molecule has 0 aromatic heterocycles. The van der Waals surface area contributed by atoms with E-state index >= 15 is 0 Å². The number of rotatable bonds is 8. The van der Waals surface area contributed by atoms with Crippen molar-refractivity contribution in [2.24, 2.45) is 0 Å². The predicted molar refractivity (Wildman–Crippen MR) is 132 cm³/mol. The number of anilines is 2. The van der Waals surface area contributed by atoms with Gasteiger partial charge in [0.1, 0.15) is 11.4 Å². The molecule has 0 atom stereocenters. The summed E-state index contributed by atoms with van der Waals surface area (Å²) >= 11 is 0. The van der Waals surface area contributed by atoms with Crippen molar-refractivity contribution in [3.05, 3.63) is 95.7 Å². The zero-order valence-electron chi connectivity index (χ0n) is 19.2. The number of benzene rings is 3. The fraction of sp³-hybridized carbons (Fsp3) is 0.179. The van der Waals surface area contributed by atoms with E-state index in [4.69, 9.17) is 10.00 Å². The second-order valence-corrected chi connectivity index (χ2v) is 7.78. The van der Waals surface area contributed by atoms with Gasteiger partial charge in [-0.15, -0.1) is 0 Å². The Labute approximate surface area is 199 Å². The summed E-state index contributed by atoms with van der Waals surface area (Å²) in [7, 11) is 0. The number of likely N-dealkylation sites (N-methyl/N-ethyl adjacent to an activating group) is 1. The first kappa shape index (κ1) is 22.8. The maximum Gasteiger partial charge on any atom is 0.282 e. The lowest BCUT2D eigenvalue weighted by Crippen LogP contribution is -2.35. The van der Waals surface area contributed by atoms with Crippen molar-refractivity contribution in [1.82, 2.24) is 0 Å². The van der Waals surface area contributed by atoms with E-state index in [1.807, 2.05) is 73.3 Å². The fourth-order valence-corrected chi connectivity index (χ4v) is 3.96. The van der Waals surface area contributed by atoms with E-state index in [9.17, 15) is 9.59 Å². The molecule has 6 nitrogen and oxygen atoms in total. The SMILES string of the molecule is CCCOc1ccc(C2=C(N(CC)c3ccccc3)C(=O)N(c3ccc(C#N)cc3)C2=O)cc1. The number of para-hydroxylation sites is 1. The summed E-state index contributed by atoms with van der Waals surface area (Å²) in [5, 5.41) is 9.12. The number of nitriles is 1. The van der Waals surface area contributed by atoms with E-state index in [2.05, 4.69) is 6.07 Å². The van der Waals surface area contributed by atoms with Crippen LogP contribution in [-0.2, 0) is 9.59 Å². The van der Waals surface area contributed by atoms with Gasteiger partial charge in [-0.1, -0.05) is 37.3 Å². The van der Waals surface area contributed by atoms with Gasteiger partial charge in [-0.05, 0) is 67.4 Å². The molecule has 0 saturated heterocycles. The Morgan fingerprint density at radius 2 is 1.56 bits per heavy atom. The van der Waals surface area contributed by atoms with Crippen LogP contribution in [0.2, 0.25) is 0 Å². The van der Waals surface area contributed by atoms with Gasteiger partial charge in [0.25, 0.3) is 11.8 Å². The molecule has 0 bridgehead atoms. The van der Waals surface area contributed by atoms with Crippen molar-refractivity contribution >= 4 is 28.8 Å². The summed E-state index contributed by atoms with van der Waals surface area (Å²) in [6.07, 6.45) is 0.895. The lowest BCUT2D eigenvalue weighted by molar-refractivity contribution is -0.120. The molecule has 2 amide bonds. The van der Waals surface area contributed by atoms with Crippen LogP contribution in [0.4, 0.5) is 11.4 Å². The fourth-order valence-electron chi connectivity index (χ4n) is 3.96. The molecule has 0 radical (unpaired) electrons. The Bertz CT molecular complexity index is 1260. The van der Waals surface area contributed by atoms with Gasteiger partial charge in [-0.3, -0.25) is 9.59 Å². The van der Waals surface area contributed by atoms with Crippen molar-refractivity contribution in [2.75, 3.05) is 23.0 Å². The van der Waals surface area contributed by atoms with E-state index in [1.54, 1.807) is 24.3 Å². The van der Waals surface area contributed by atoms with Crippen LogP contribution in [0.15, 0.2) is 84.6 Å². The Morgan fingerprint density at radius 1 is 0.882 bits per heavy atom. The van der Waals surface area contributed by atoms with Crippen molar-refractivity contribution in [3.63, 3.8) is 0 Å². The van der Waals surface area contributed by atoms with Gasteiger partial charge in [-0.2, -0.15) is 5.26 Å². The zero-order chi connectivity index (χ0) is 24.1. The van der Waals surface area contributed by atoms with Crippen molar-refractivity contribution < 1.29 is 14.3 Å². The molecule has 0 unspecified atom stereocenters. The van der Waals surface area contributed by atoms with E-state index < -0.39 is 11.8 Å². The third-order valence-corrected chi connectivity index (χ3v) is 5.58. The number of hydrogen-bond donors (Lipinski definition) is 0. The summed E-state index contributed by atoms with van der Waals surface area (Å²) in [5.74, 6) is -0.0908. The normalized spacial score (nSPS) is 13.3. The zero-order valence-corrected chi connectivity index (χ0v) is 19.2. The minimum absolute atomic E-state index is 0.324. The van der Waals surface area contributed by atoms with Gasteiger partial charge in [0.2, 0.25) is 0 Å². The second kappa shape index (κ2) is 10.1. The Kier molecular flexibility index (Phi) is 6.74. The average molecular weight is 452 g/mol. The van der Waals surface area contributed by atoms with Crippen molar-refractivity contribution in [1.29, 1.82) is 5.26 Å². The van der Waals surface area contributed by atoms with E-state index in [0.717, 1.165) is 12.1 Å². The number of amides is 2. The molecule has 0 spiro atoms. The number of carbonyl (C=O) groups is 2. The van der Waals surface area contributed by atoms with Gasteiger partial charge in [-0.25, -0.2) is 4.90 Å². The Balaban J connectivity index is 1.82. The van der Waals surface area contributed by atoms with Crippen molar-refractivity contribution in [3.8, 4) is 11.8 Å². The molecule has 0 fully saturated rings. The molecule has 4 rings (SSSR count). The molecule has 6 heteroatoms. The van der Waals surface area contributed by atoms with E-state index in [0.29, 0.717) is 47.0 Å². The van der Waals surface area contributed by atoms with Gasteiger partial charge in [0.15, 0.2) is 0 Å². The third-order valence-electron chi connectivity index (χ3n) is 5.58. The lowest BCUT2D eigenvalue weighted by atomic mass is 10.0. The molecule has 3 aromatic carbocycles. The molecular formula is C28H25N3O3. The third kappa shape index (κ3) is 4.28. The standard InChI is InChI=1S/C28H25N3O3/c1-3-18-34-24-16-12-21(13-17-24)25-26(30(4-2)22-8-6-5-7-9-22)28(33)31(27(25)32)23-14-10-20(19-29)11-15-23/h5-17H,3-4,18H2,1-2H3. The highest BCUT2D eigenvalue weighted by molar-refractivity contribution is 6.46. The number of imide groups is 1. The highest BCUT2D eigenvalue weighted by Crippen LogP contribution is 2.37. The minimum atomic E-state index is -0.402. The molecule has 34 heavy (non-hydrogen) atoms. The molecule has 3 aromatic rings. The largest absolute Gasteiger partial charge is 0.494 e. The summed E-state index contributed by atoms with van der Waals surface area (Å²) in [4.78, 5) is 30.5. The summed E-state index contributed by atoms with van der Waals surface area (Å²) in [6.45, 7) is 5.09. The minimum Gasteiger partial charge on any atom is -0.494 e. The van der Waals surface area contributed by atoms with Gasteiger partial charge < -0.3 is 9.64 Å². The van der Waals surface area contributed by atoms with E-state index in [1.165, 1.54) is 4.90 Å². The molecule has 170 valence electrons. The number of nitrogens with zero attached hydrogens (tertiary/aromatic N) is 3. The summed E-state index contributed by atoms with van der Waals surface area (Å²) < 4.78 is 5.68. The van der Waals surface area contributed by atoms with Gasteiger partial charge in [0.05, 0.1) is 29.5 Å². The van der Waals surface area contributed by atoms with Crippen LogP contribution < -0.4 is 14.5 Å². The van der Waals surface area contributed by atoms with Crippen molar-refractivity contribution in [2.45, 2.75) is 20.3 Å². The topological polar surface area (TPSA) is 73.6 Å². The quantitative estimate of drug-likeness (QED) is 0.443. The second-order valence-electron chi connectivity index (χ2n) is 7.78. The molecule has 0 N–H and O–H groups in total. The Morgan fingerprint density at radius 3 is 2.15 bits per heavy atom. The average Bonchev–Trinajstić information content (AvgIpc) is 3.14. The monoisotopic (exact) mass is 451 g/mol. The van der Waals surface area contributed by atoms with Crippen LogP contribution in [0.25, 0.3) is 5.57 Å². The molecule has 0 saturated carbocycles. The maximum atomic E-state index is 13.8. The smallest absolute Gasteiger partial charge is 0.282 e. The van der Waals surface area contributed by atoms with Crippen LogP contribution in [-0.4, -0.2) is 25.0 Å². The molecule has 1 heterocycles. The Hall–Kier alpha value is -4.37.